The van der Waals surface area contributed by atoms with E-state index in [-0.39, 0.29) is 17.7 Å². The minimum Gasteiger partial charge on any atom is -0.465 e. The number of amides is 2. The van der Waals surface area contributed by atoms with Crippen molar-refractivity contribution in [2.45, 2.75) is 12.8 Å². The number of carbonyl (C=O) groups excluding carboxylic acids is 2. The van der Waals surface area contributed by atoms with Crippen LogP contribution >= 0.6 is 0 Å². The summed E-state index contributed by atoms with van der Waals surface area (Å²) in [7, 11) is 0. The lowest BCUT2D eigenvalue weighted by Gasteiger charge is -2.07. The van der Waals surface area contributed by atoms with Crippen molar-refractivity contribution in [2.24, 2.45) is 5.92 Å². The Balaban J connectivity index is 1.59. The number of nitrogens with one attached hydrogen (secondary N) is 2. The highest BCUT2D eigenvalue weighted by Crippen LogP contribution is 2.30. The smallest absolute Gasteiger partial charge is 0.248 e. The summed E-state index contributed by atoms with van der Waals surface area (Å²) in [5, 5.41) is 5.59. The lowest BCUT2D eigenvalue weighted by molar-refractivity contribution is -0.117. The molecule has 0 saturated heterocycles. The molecule has 5 nitrogen and oxygen atoms in total. The number of carbonyl (C=O) groups is 2. The third kappa shape index (κ3) is 3.85. The molecule has 0 aliphatic heterocycles. The predicted octanol–water partition coefficient (Wildman–Crippen LogP) is 3.28. The zero-order valence-electron chi connectivity index (χ0n) is 11.9. The molecule has 0 unspecified atom stereocenters. The second-order valence-corrected chi connectivity index (χ2v) is 5.18. The van der Waals surface area contributed by atoms with Crippen molar-refractivity contribution in [1.82, 2.24) is 0 Å². The van der Waals surface area contributed by atoms with E-state index in [0.29, 0.717) is 17.1 Å². The Hall–Kier alpha value is -2.82. The van der Waals surface area contributed by atoms with Gasteiger partial charge in [-0.2, -0.15) is 0 Å². The third-order valence-corrected chi connectivity index (χ3v) is 3.29. The van der Waals surface area contributed by atoms with E-state index in [1.54, 1.807) is 48.7 Å². The van der Waals surface area contributed by atoms with E-state index in [1.807, 2.05) is 0 Å². The first-order valence-corrected chi connectivity index (χ1v) is 7.14. The molecule has 1 saturated carbocycles. The number of rotatable bonds is 5. The predicted molar refractivity (Wildman–Crippen MR) is 84.2 cm³/mol. The van der Waals surface area contributed by atoms with Gasteiger partial charge in [0, 0.05) is 23.4 Å². The standard InChI is InChI=1S/C17H16N2O3/c20-16(9-8-15-5-2-10-22-15)18-13-3-1-4-14(11-13)19-17(21)12-6-7-12/h1-5,8-12H,6-7H2,(H,18,20)(H,19,21)/b9-8+. The molecular formula is C17H16N2O3. The quantitative estimate of drug-likeness (QED) is 0.832. The molecule has 0 radical (unpaired) electrons. The molecule has 112 valence electrons. The van der Waals surface area contributed by atoms with Gasteiger partial charge >= 0.3 is 0 Å². The summed E-state index contributed by atoms with van der Waals surface area (Å²) < 4.78 is 5.11. The normalized spacial score (nSPS) is 14.0. The molecule has 1 aliphatic carbocycles. The first-order chi connectivity index (χ1) is 10.7. The second kappa shape index (κ2) is 6.30. The van der Waals surface area contributed by atoms with Gasteiger partial charge in [-0.15, -0.1) is 0 Å². The van der Waals surface area contributed by atoms with Crippen LogP contribution in [0.4, 0.5) is 11.4 Å². The van der Waals surface area contributed by atoms with E-state index in [1.165, 1.54) is 6.08 Å². The molecule has 2 N–H and O–H groups in total. The van der Waals surface area contributed by atoms with E-state index in [4.69, 9.17) is 4.42 Å². The molecule has 3 rings (SSSR count). The SMILES string of the molecule is O=C(/C=C/c1ccco1)Nc1cccc(NC(=O)C2CC2)c1. The van der Waals surface area contributed by atoms with Crippen LogP contribution in [0.2, 0.25) is 0 Å². The second-order valence-electron chi connectivity index (χ2n) is 5.18. The first kappa shape index (κ1) is 14.1. The van der Waals surface area contributed by atoms with Crippen molar-refractivity contribution in [3.8, 4) is 0 Å². The maximum atomic E-state index is 11.8. The van der Waals surface area contributed by atoms with Crippen molar-refractivity contribution in [3.63, 3.8) is 0 Å². The van der Waals surface area contributed by atoms with Crippen LogP contribution in [0.15, 0.2) is 53.2 Å². The Labute approximate surface area is 128 Å². The van der Waals surface area contributed by atoms with Crippen LogP contribution in [0.25, 0.3) is 6.08 Å². The molecule has 2 amide bonds. The summed E-state index contributed by atoms with van der Waals surface area (Å²) in [6, 6.07) is 10.6. The van der Waals surface area contributed by atoms with Gasteiger partial charge in [-0.1, -0.05) is 6.07 Å². The van der Waals surface area contributed by atoms with Crippen molar-refractivity contribution >= 4 is 29.3 Å². The fourth-order valence-corrected chi connectivity index (χ4v) is 1.99. The Morgan fingerprint density at radius 3 is 2.55 bits per heavy atom. The lowest BCUT2D eigenvalue weighted by atomic mass is 10.2. The summed E-state index contributed by atoms with van der Waals surface area (Å²) in [6.07, 6.45) is 6.45. The molecule has 5 heteroatoms. The number of furan rings is 1. The van der Waals surface area contributed by atoms with Gasteiger partial charge in [0.05, 0.1) is 6.26 Å². The van der Waals surface area contributed by atoms with E-state index >= 15 is 0 Å². The molecule has 22 heavy (non-hydrogen) atoms. The topological polar surface area (TPSA) is 71.3 Å². The van der Waals surface area contributed by atoms with Crippen LogP contribution < -0.4 is 10.6 Å². The summed E-state index contributed by atoms with van der Waals surface area (Å²) in [4.78, 5) is 23.6. The lowest BCUT2D eigenvalue weighted by Crippen LogP contribution is -2.14. The van der Waals surface area contributed by atoms with Crippen LogP contribution in [-0.4, -0.2) is 11.8 Å². The van der Waals surface area contributed by atoms with Crippen molar-refractivity contribution in [2.75, 3.05) is 10.6 Å². The van der Waals surface area contributed by atoms with Gasteiger partial charge in [0.25, 0.3) is 0 Å². The van der Waals surface area contributed by atoms with E-state index in [2.05, 4.69) is 10.6 Å². The number of benzene rings is 1. The van der Waals surface area contributed by atoms with Crippen LogP contribution in [0.3, 0.4) is 0 Å². The number of hydrogen-bond acceptors (Lipinski definition) is 3. The van der Waals surface area contributed by atoms with Crippen molar-refractivity contribution < 1.29 is 14.0 Å². The maximum absolute atomic E-state index is 11.8. The van der Waals surface area contributed by atoms with Gasteiger partial charge in [0.1, 0.15) is 5.76 Å². The van der Waals surface area contributed by atoms with Crippen LogP contribution in [-0.2, 0) is 9.59 Å². The van der Waals surface area contributed by atoms with Gasteiger partial charge in [-0.05, 0) is 49.2 Å². The van der Waals surface area contributed by atoms with Gasteiger partial charge < -0.3 is 15.1 Å². The summed E-state index contributed by atoms with van der Waals surface area (Å²) in [5.74, 6) is 0.540. The zero-order chi connectivity index (χ0) is 15.4. The minimum atomic E-state index is -0.262. The summed E-state index contributed by atoms with van der Waals surface area (Å²) in [6.45, 7) is 0. The van der Waals surface area contributed by atoms with Gasteiger partial charge in [0.15, 0.2) is 0 Å². The Morgan fingerprint density at radius 2 is 1.86 bits per heavy atom. The zero-order valence-corrected chi connectivity index (χ0v) is 11.9. The molecule has 2 aromatic rings. The Kier molecular flexibility index (Phi) is 4.05. The first-order valence-electron chi connectivity index (χ1n) is 7.14. The molecule has 1 aromatic heterocycles. The van der Waals surface area contributed by atoms with Crippen molar-refractivity contribution in [1.29, 1.82) is 0 Å². The molecule has 0 bridgehead atoms. The maximum Gasteiger partial charge on any atom is 0.248 e. The fraction of sp³-hybridized carbons (Fsp3) is 0.176. The molecular weight excluding hydrogens is 280 g/mol. The number of anilines is 2. The van der Waals surface area contributed by atoms with Crippen molar-refractivity contribution in [3.05, 3.63) is 54.5 Å². The number of hydrogen-bond donors (Lipinski definition) is 2. The highest BCUT2D eigenvalue weighted by Gasteiger charge is 2.29. The minimum absolute atomic E-state index is 0.0428. The van der Waals surface area contributed by atoms with Gasteiger partial charge in [-0.25, -0.2) is 0 Å². The van der Waals surface area contributed by atoms with E-state index in [0.717, 1.165) is 12.8 Å². The largest absolute Gasteiger partial charge is 0.465 e. The molecule has 1 fully saturated rings. The molecule has 0 spiro atoms. The molecule has 1 heterocycles. The van der Waals surface area contributed by atoms with Gasteiger partial charge in [-0.3, -0.25) is 9.59 Å². The van der Waals surface area contributed by atoms with E-state index < -0.39 is 0 Å². The highest BCUT2D eigenvalue weighted by molar-refractivity contribution is 6.02. The average Bonchev–Trinajstić information content (AvgIpc) is 3.23. The van der Waals surface area contributed by atoms with Crippen LogP contribution in [0.5, 0.6) is 0 Å². The van der Waals surface area contributed by atoms with Crippen LogP contribution in [0.1, 0.15) is 18.6 Å². The highest BCUT2D eigenvalue weighted by atomic mass is 16.3. The monoisotopic (exact) mass is 296 g/mol. The molecule has 0 atom stereocenters. The Bertz CT molecular complexity index is 700. The summed E-state index contributed by atoms with van der Waals surface area (Å²) in [5.41, 5.74) is 1.31. The van der Waals surface area contributed by atoms with Crippen LogP contribution in [0, 0.1) is 5.92 Å². The average molecular weight is 296 g/mol. The Morgan fingerprint density at radius 1 is 1.09 bits per heavy atom. The van der Waals surface area contributed by atoms with E-state index in [9.17, 15) is 9.59 Å². The molecule has 1 aliphatic rings. The molecule has 1 aromatic carbocycles. The third-order valence-electron chi connectivity index (χ3n) is 3.29. The fourth-order valence-electron chi connectivity index (χ4n) is 1.99. The van der Waals surface area contributed by atoms with Gasteiger partial charge in [0.2, 0.25) is 11.8 Å². The summed E-state index contributed by atoms with van der Waals surface area (Å²) >= 11 is 0.